The van der Waals surface area contributed by atoms with Crippen molar-refractivity contribution in [3.05, 3.63) is 29.8 Å². The molecular formula is C17H30N2. The van der Waals surface area contributed by atoms with Crippen molar-refractivity contribution in [3.63, 3.8) is 0 Å². The molecule has 0 saturated heterocycles. The number of benzene rings is 1. The Balaban J connectivity index is 2.32. The molecule has 0 aliphatic carbocycles. The van der Waals surface area contributed by atoms with Crippen LogP contribution in [0.15, 0.2) is 24.3 Å². The number of rotatable bonds is 8. The van der Waals surface area contributed by atoms with Gasteiger partial charge in [0.05, 0.1) is 0 Å². The second-order valence-electron chi connectivity index (χ2n) is 6.27. The minimum Gasteiger partial charge on any atom is -0.375 e. The highest BCUT2D eigenvalue weighted by molar-refractivity contribution is 5.46. The SMILES string of the molecule is CCc1ccc(N(C)CCCCC(C)(C)CN)cc1. The second kappa shape index (κ2) is 7.54. The fourth-order valence-corrected chi connectivity index (χ4v) is 2.17. The van der Waals surface area contributed by atoms with Gasteiger partial charge in [0, 0.05) is 19.3 Å². The second-order valence-corrected chi connectivity index (χ2v) is 6.27. The van der Waals surface area contributed by atoms with E-state index in [-0.39, 0.29) is 0 Å². The lowest BCUT2D eigenvalue weighted by atomic mass is 9.87. The summed E-state index contributed by atoms with van der Waals surface area (Å²) in [5.41, 5.74) is 8.77. The van der Waals surface area contributed by atoms with E-state index < -0.39 is 0 Å². The zero-order valence-corrected chi connectivity index (χ0v) is 13.1. The zero-order chi connectivity index (χ0) is 14.3. The summed E-state index contributed by atoms with van der Waals surface area (Å²) in [5, 5.41) is 0. The fourth-order valence-electron chi connectivity index (χ4n) is 2.17. The van der Waals surface area contributed by atoms with E-state index in [9.17, 15) is 0 Å². The molecule has 1 aromatic carbocycles. The fraction of sp³-hybridized carbons (Fsp3) is 0.647. The number of aryl methyl sites for hydroxylation is 1. The van der Waals surface area contributed by atoms with Crippen LogP contribution in [0.4, 0.5) is 5.69 Å². The molecule has 0 radical (unpaired) electrons. The molecule has 0 aliphatic heterocycles. The van der Waals surface area contributed by atoms with Crippen LogP contribution in [0.5, 0.6) is 0 Å². The zero-order valence-electron chi connectivity index (χ0n) is 13.1. The Morgan fingerprint density at radius 3 is 2.26 bits per heavy atom. The maximum atomic E-state index is 5.76. The Kier molecular flexibility index (Phi) is 6.36. The minimum atomic E-state index is 0.293. The van der Waals surface area contributed by atoms with Crippen molar-refractivity contribution in [1.29, 1.82) is 0 Å². The largest absolute Gasteiger partial charge is 0.375 e. The van der Waals surface area contributed by atoms with Gasteiger partial charge in [-0.15, -0.1) is 0 Å². The monoisotopic (exact) mass is 262 g/mol. The van der Waals surface area contributed by atoms with Crippen molar-refractivity contribution in [3.8, 4) is 0 Å². The van der Waals surface area contributed by atoms with E-state index in [1.807, 2.05) is 0 Å². The summed E-state index contributed by atoms with van der Waals surface area (Å²) in [6, 6.07) is 8.90. The number of nitrogens with two attached hydrogens (primary N) is 1. The summed E-state index contributed by atoms with van der Waals surface area (Å²) in [5.74, 6) is 0. The van der Waals surface area contributed by atoms with Gasteiger partial charge in [0.2, 0.25) is 0 Å². The van der Waals surface area contributed by atoms with Gasteiger partial charge in [-0.3, -0.25) is 0 Å². The molecule has 0 saturated carbocycles. The number of hydrogen-bond acceptors (Lipinski definition) is 2. The van der Waals surface area contributed by atoms with Crippen molar-refractivity contribution in [1.82, 2.24) is 0 Å². The normalized spacial score (nSPS) is 11.6. The molecule has 0 unspecified atom stereocenters. The van der Waals surface area contributed by atoms with E-state index in [1.54, 1.807) is 0 Å². The molecular weight excluding hydrogens is 232 g/mol. The Bertz CT molecular complexity index is 354. The van der Waals surface area contributed by atoms with Gasteiger partial charge >= 0.3 is 0 Å². The molecule has 1 aromatic rings. The van der Waals surface area contributed by atoms with Crippen molar-refractivity contribution >= 4 is 5.69 Å². The Morgan fingerprint density at radius 2 is 1.74 bits per heavy atom. The van der Waals surface area contributed by atoms with Gasteiger partial charge in [-0.2, -0.15) is 0 Å². The predicted octanol–water partition coefficient (Wildman–Crippen LogP) is 3.84. The first-order chi connectivity index (χ1) is 8.98. The van der Waals surface area contributed by atoms with E-state index in [0.717, 1.165) is 19.5 Å². The predicted molar refractivity (Wildman–Crippen MR) is 85.8 cm³/mol. The lowest BCUT2D eigenvalue weighted by Crippen LogP contribution is -2.24. The smallest absolute Gasteiger partial charge is 0.0363 e. The van der Waals surface area contributed by atoms with E-state index in [4.69, 9.17) is 5.73 Å². The highest BCUT2D eigenvalue weighted by Gasteiger charge is 2.14. The van der Waals surface area contributed by atoms with Crippen LogP contribution in [-0.4, -0.2) is 20.1 Å². The van der Waals surface area contributed by atoms with Crippen LogP contribution >= 0.6 is 0 Å². The van der Waals surface area contributed by atoms with Gasteiger partial charge in [0.25, 0.3) is 0 Å². The van der Waals surface area contributed by atoms with Crippen LogP contribution in [0.2, 0.25) is 0 Å². The van der Waals surface area contributed by atoms with Crippen LogP contribution in [0, 0.1) is 5.41 Å². The van der Waals surface area contributed by atoms with Gasteiger partial charge in [-0.25, -0.2) is 0 Å². The summed E-state index contributed by atoms with van der Waals surface area (Å²) in [7, 11) is 2.18. The number of unbranched alkanes of at least 4 members (excludes halogenated alkanes) is 1. The Hall–Kier alpha value is -1.02. The third-order valence-corrected chi connectivity index (χ3v) is 3.94. The first-order valence-corrected chi connectivity index (χ1v) is 7.48. The average Bonchev–Trinajstić information content (AvgIpc) is 2.43. The summed E-state index contributed by atoms with van der Waals surface area (Å²) >= 11 is 0. The average molecular weight is 262 g/mol. The minimum absolute atomic E-state index is 0.293. The molecule has 2 heteroatoms. The van der Waals surface area contributed by atoms with Crippen molar-refractivity contribution in [2.24, 2.45) is 11.1 Å². The van der Waals surface area contributed by atoms with Crippen LogP contribution < -0.4 is 10.6 Å². The molecule has 2 N–H and O–H groups in total. The number of hydrogen-bond donors (Lipinski definition) is 1. The lowest BCUT2D eigenvalue weighted by molar-refractivity contribution is 0.333. The third-order valence-electron chi connectivity index (χ3n) is 3.94. The van der Waals surface area contributed by atoms with Crippen molar-refractivity contribution in [2.45, 2.75) is 46.5 Å². The molecule has 0 fully saturated rings. The summed E-state index contributed by atoms with van der Waals surface area (Å²) in [6.07, 6.45) is 4.81. The van der Waals surface area contributed by atoms with Gasteiger partial charge in [-0.05, 0) is 48.9 Å². The van der Waals surface area contributed by atoms with Crippen LogP contribution in [0.1, 0.15) is 45.6 Å². The summed E-state index contributed by atoms with van der Waals surface area (Å²) in [6.45, 7) is 8.59. The molecule has 0 heterocycles. The van der Waals surface area contributed by atoms with Crippen LogP contribution in [0.25, 0.3) is 0 Å². The van der Waals surface area contributed by atoms with E-state index in [1.165, 1.54) is 30.5 Å². The molecule has 0 aliphatic rings. The Morgan fingerprint density at radius 1 is 1.11 bits per heavy atom. The van der Waals surface area contributed by atoms with Crippen LogP contribution in [0.3, 0.4) is 0 Å². The highest BCUT2D eigenvalue weighted by atomic mass is 15.1. The van der Waals surface area contributed by atoms with Crippen LogP contribution in [-0.2, 0) is 6.42 Å². The van der Waals surface area contributed by atoms with Gasteiger partial charge in [-0.1, -0.05) is 39.3 Å². The topological polar surface area (TPSA) is 29.3 Å². The standard InChI is InChI=1S/C17H30N2/c1-5-15-8-10-16(11-9-15)19(4)13-7-6-12-17(2,3)14-18/h8-11H,5-7,12-14,18H2,1-4H3. The van der Waals surface area contributed by atoms with Crippen molar-refractivity contribution < 1.29 is 0 Å². The van der Waals surface area contributed by atoms with Gasteiger partial charge in [0.1, 0.15) is 0 Å². The molecule has 0 amide bonds. The molecule has 0 atom stereocenters. The maximum Gasteiger partial charge on any atom is 0.0363 e. The Labute approximate surface area is 119 Å². The first-order valence-electron chi connectivity index (χ1n) is 7.48. The molecule has 19 heavy (non-hydrogen) atoms. The third kappa shape index (κ3) is 5.65. The lowest BCUT2D eigenvalue weighted by Gasteiger charge is -2.24. The summed E-state index contributed by atoms with van der Waals surface area (Å²) < 4.78 is 0. The number of anilines is 1. The van der Waals surface area contributed by atoms with Crippen molar-refractivity contribution in [2.75, 3.05) is 25.0 Å². The highest BCUT2D eigenvalue weighted by Crippen LogP contribution is 2.22. The summed E-state index contributed by atoms with van der Waals surface area (Å²) in [4.78, 5) is 2.34. The molecule has 1 rings (SSSR count). The first kappa shape index (κ1) is 16.0. The van der Waals surface area contributed by atoms with Gasteiger partial charge in [0.15, 0.2) is 0 Å². The molecule has 0 spiro atoms. The molecule has 2 nitrogen and oxygen atoms in total. The molecule has 0 bridgehead atoms. The quantitative estimate of drug-likeness (QED) is 0.721. The van der Waals surface area contributed by atoms with E-state index in [2.05, 4.69) is 57.0 Å². The number of nitrogens with zero attached hydrogens (tertiary/aromatic N) is 1. The maximum absolute atomic E-state index is 5.76. The van der Waals surface area contributed by atoms with Gasteiger partial charge < -0.3 is 10.6 Å². The molecule has 108 valence electrons. The van der Waals surface area contributed by atoms with E-state index >= 15 is 0 Å². The molecule has 0 aromatic heterocycles. The van der Waals surface area contributed by atoms with E-state index in [0.29, 0.717) is 5.41 Å².